The number of hydrogen-bond donors (Lipinski definition) is 1. The van der Waals surface area contributed by atoms with Crippen LogP contribution in [0.4, 0.5) is 0 Å². The van der Waals surface area contributed by atoms with E-state index in [0.29, 0.717) is 31.5 Å². The molecule has 0 aliphatic carbocycles. The largest absolute Gasteiger partial charge is 0.329 e. The van der Waals surface area contributed by atoms with E-state index in [1.54, 1.807) is 11.4 Å². The minimum atomic E-state index is -3.42. The van der Waals surface area contributed by atoms with Crippen LogP contribution in [0.25, 0.3) is 0 Å². The van der Waals surface area contributed by atoms with Gasteiger partial charge in [-0.25, -0.2) is 0 Å². The third-order valence-corrected chi connectivity index (χ3v) is 5.67. The SMILES string of the molecule is CC(C)CCN(CCC(C)C)S(=O)(=O)N(C)C(C)CN. The first-order valence-electron chi connectivity index (χ1n) is 7.56. The molecule has 0 fully saturated rings. The Balaban J connectivity index is 4.96. The summed E-state index contributed by atoms with van der Waals surface area (Å²) < 4.78 is 28.3. The van der Waals surface area contributed by atoms with Crippen molar-refractivity contribution < 1.29 is 8.42 Å². The van der Waals surface area contributed by atoms with Gasteiger partial charge in [0.1, 0.15) is 0 Å². The summed E-state index contributed by atoms with van der Waals surface area (Å²) in [6, 6.07) is -0.180. The molecule has 0 saturated heterocycles. The van der Waals surface area contributed by atoms with Crippen molar-refractivity contribution in [1.82, 2.24) is 8.61 Å². The van der Waals surface area contributed by atoms with Gasteiger partial charge in [-0.15, -0.1) is 0 Å². The lowest BCUT2D eigenvalue weighted by Crippen LogP contribution is -2.48. The minimum absolute atomic E-state index is 0.180. The zero-order chi connectivity index (χ0) is 15.9. The van der Waals surface area contributed by atoms with Crippen LogP contribution in [0.5, 0.6) is 0 Å². The summed E-state index contributed by atoms with van der Waals surface area (Å²) >= 11 is 0. The van der Waals surface area contributed by atoms with Gasteiger partial charge in [-0.3, -0.25) is 0 Å². The van der Waals surface area contributed by atoms with Crippen LogP contribution in [0.2, 0.25) is 0 Å². The zero-order valence-electron chi connectivity index (χ0n) is 14.0. The van der Waals surface area contributed by atoms with Crippen LogP contribution in [-0.2, 0) is 10.2 Å². The highest BCUT2D eigenvalue weighted by Crippen LogP contribution is 2.15. The lowest BCUT2D eigenvalue weighted by molar-refractivity contribution is 0.306. The average molecular weight is 308 g/mol. The quantitative estimate of drug-likeness (QED) is 0.670. The molecule has 0 aliphatic heterocycles. The van der Waals surface area contributed by atoms with Gasteiger partial charge >= 0.3 is 0 Å². The maximum atomic E-state index is 12.7. The second kappa shape index (κ2) is 8.97. The molecule has 5 nitrogen and oxygen atoms in total. The first-order valence-corrected chi connectivity index (χ1v) is 8.95. The summed E-state index contributed by atoms with van der Waals surface area (Å²) in [6.45, 7) is 11.8. The standard InChI is InChI=1S/C14H33N3O2S/c1-12(2)7-9-17(10-8-13(3)4)20(18,19)16(6)14(5)11-15/h12-14H,7-11,15H2,1-6H3. The second-order valence-electron chi connectivity index (χ2n) is 6.37. The van der Waals surface area contributed by atoms with Crippen molar-refractivity contribution >= 4 is 10.2 Å². The molecule has 0 heterocycles. The zero-order valence-corrected chi connectivity index (χ0v) is 14.8. The molecule has 2 N–H and O–H groups in total. The highest BCUT2D eigenvalue weighted by atomic mass is 32.2. The number of nitrogens with two attached hydrogens (primary N) is 1. The monoisotopic (exact) mass is 307 g/mol. The molecule has 1 atom stereocenters. The van der Waals surface area contributed by atoms with Gasteiger partial charge in [0.2, 0.25) is 0 Å². The van der Waals surface area contributed by atoms with Gasteiger partial charge in [-0.1, -0.05) is 27.7 Å². The Morgan fingerprint density at radius 1 is 0.950 bits per heavy atom. The van der Waals surface area contributed by atoms with Gasteiger partial charge in [0.25, 0.3) is 10.2 Å². The molecule has 0 amide bonds. The molecule has 1 unspecified atom stereocenters. The van der Waals surface area contributed by atoms with Gasteiger partial charge in [-0.05, 0) is 31.6 Å². The Morgan fingerprint density at radius 2 is 1.35 bits per heavy atom. The van der Waals surface area contributed by atoms with Crippen LogP contribution in [0, 0.1) is 11.8 Å². The molecule has 0 aromatic carbocycles. The van der Waals surface area contributed by atoms with Crippen molar-refractivity contribution in [3.8, 4) is 0 Å². The Kier molecular flexibility index (Phi) is 8.90. The van der Waals surface area contributed by atoms with E-state index in [1.165, 1.54) is 4.31 Å². The smallest absolute Gasteiger partial charge is 0.282 e. The molecule has 0 saturated carbocycles. The van der Waals surface area contributed by atoms with E-state index in [0.717, 1.165) is 12.8 Å². The molecule has 0 rings (SSSR count). The van der Waals surface area contributed by atoms with Crippen LogP contribution in [0.1, 0.15) is 47.5 Å². The van der Waals surface area contributed by atoms with Crippen LogP contribution >= 0.6 is 0 Å². The van der Waals surface area contributed by atoms with Crippen molar-refractivity contribution in [2.24, 2.45) is 17.6 Å². The van der Waals surface area contributed by atoms with Gasteiger partial charge in [0.05, 0.1) is 0 Å². The minimum Gasteiger partial charge on any atom is -0.329 e. The Labute approximate surface area is 125 Å². The van der Waals surface area contributed by atoms with E-state index in [2.05, 4.69) is 27.7 Å². The van der Waals surface area contributed by atoms with Crippen molar-refractivity contribution in [3.05, 3.63) is 0 Å². The summed E-state index contributed by atoms with van der Waals surface area (Å²) in [7, 11) is -1.80. The third kappa shape index (κ3) is 6.52. The number of hydrogen-bond acceptors (Lipinski definition) is 3. The van der Waals surface area contributed by atoms with E-state index >= 15 is 0 Å². The van der Waals surface area contributed by atoms with E-state index < -0.39 is 10.2 Å². The lowest BCUT2D eigenvalue weighted by atomic mass is 10.1. The third-order valence-electron chi connectivity index (χ3n) is 3.56. The average Bonchev–Trinajstić information content (AvgIpc) is 2.35. The Hall–Kier alpha value is -0.170. The first kappa shape index (κ1) is 19.8. The fourth-order valence-corrected chi connectivity index (χ4v) is 3.28. The highest BCUT2D eigenvalue weighted by Gasteiger charge is 2.29. The van der Waals surface area contributed by atoms with Gasteiger partial charge in [-0.2, -0.15) is 17.0 Å². The first-order chi connectivity index (χ1) is 9.12. The molecule has 6 heteroatoms. The van der Waals surface area contributed by atoms with Crippen molar-refractivity contribution in [1.29, 1.82) is 0 Å². The van der Waals surface area contributed by atoms with Crippen LogP contribution in [-0.4, -0.2) is 49.8 Å². The van der Waals surface area contributed by atoms with E-state index in [1.807, 2.05) is 6.92 Å². The van der Waals surface area contributed by atoms with Crippen molar-refractivity contribution in [2.75, 3.05) is 26.7 Å². The predicted molar refractivity (Wildman–Crippen MR) is 85.7 cm³/mol. The molecule has 0 aliphatic rings. The van der Waals surface area contributed by atoms with E-state index in [-0.39, 0.29) is 6.04 Å². The number of nitrogens with zero attached hydrogens (tertiary/aromatic N) is 2. The Morgan fingerprint density at radius 3 is 1.65 bits per heavy atom. The molecule has 20 heavy (non-hydrogen) atoms. The summed E-state index contributed by atoms with van der Waals surface area (Å²) in [5, 5.41) is 0. The fourth-order valence-electron chi connectivity index (χ4n) is 1.70. The molecule has 0 spiro atoms. The van der Waals surface area contributed by atoms with Crippen LogP contribution in [0.3, 0.4) is 0 Å². The summed E-state index contributed by atoms with van der Waals surface area (Å²) in [5.41, 5.74) is 5.59. The van der Waals surface area contributed by atoms with Crippen molar-refractivity contribution in [3.63, 3.8) is 0 Å². The van der Waals surface area contributed by atoms with E-state index in [9.17, 15) is 8.42 Å². The van der Waals surface area contributed by atoms with Crippen LogP contribution < -0.4 is 5.73 Å². The van der Waals surface area contributed by atoms with Crippen molar-refractivity contribution in [2.45, 2.75) is 53.5 Å². The highest BCUT2D eigenvalue weighted by molar-refractivity contribution is 7.86. The molecule has 122 valence electrons. The molecular formula is C14H33N3O2S. The molecule has 0 radical (unpaired) electrons. The maximum Gasteiger partial charge on any atom is 0.282 e. The molecule has 0 bridgehead atoms. The lowest BCUT2D eigenvalue weighted by Gasteiger charge is -2.31. The predicted octanol–water partition coefficient (Wildman–Crippen LogP) is 1.90. The topological polar surface area (TPSA) is 66.6 Å². The molecular weight excluding hydrogens is 274 g/mol. The van der Waals surface area contributed by atoms with Gasteiger partial charge < -0.3 is 5.73 Å². The molecule has 0 aromatic rings. The summed E-state index contributed by atoms with van der Waals surface area (Å²) in [4.78, 5) is 0. The summed E-state index contributed by atoms with van der Waals surface area (Å²) in [5.74, 6) is 0.980. The van der Waals surface area contributed by atoms with Crippen LogP contribution in [0.15, 0.2) is 0 Å². The Bertz CT molecular complexity index is 343. The number of rotatable bonds is 10. The maximum absolute atomic E-state index is 12.7. The number of likely N-dealkylation sites (N-methyl/N-ethyl adjacent to an activating group) is 1. The fraction of sp³-hybridized carbons (Fsp3) is 1.00. The second-order valence-corrected chi connectivity index (χ2v) is 8.36. The normalized spacial score (nSPS) is 14.8. The van der Waals surface area contributed by atoms with Gasteiger partial charge in [0, 0.05) is 32.7 Å². The molecule has 0 aromatic heterocycles. The van der Waals surface area contributed by atoms with E-state index in [4.69, 9.17) is 5.73 Å². The summed E-state index contributed by atoms with van der Waals surface area (Å²) in [6.07, 6.45) is 1.75. The van der Waals surface area contributed by atoms with Gasteiger partial charge in [0.15, 0.2) is 0 Å².